The lowest BCUT2D eigenvalue weighted by Crippen LogP contribution is -2.37. The Morgan fingerprint density at radius 1 is 1.16 bits per heavy atom. The van der Waals surface area contributed by atoms with Crippen molar-refractivity contribution in [3.63, 3.8) is 0 Å². The zero-order valence-electron chi connectivity index (χ0n) is 14.4. The zero-order valence-corrected chi connectivity index (χ0v) is 14.4. The van der Waals surface area contributed by atoms with Gasteiger partial charge in [0.15, 0.2) is 0 Å². The van der Waals surface area contributed by atoms with Crippen LogP contribution in [0.4, 0.5) is 0 Å². The molecule has 2 aromatic rings. The second-order valence-electron chi connectivity index (χ2n) is 5.78. The van der Waals surface area contributed by atoms with Gasteiger partial charge >= 0.3 is 0 Å². The Bertz CT molecular complexity index is 641. The highest BCUT2D eigenvalue weighted by molar-refractivity contribution is 5.94. The molecule has 6 nitrogen and oxygen atoms in total. The van der Waals surface area contributed by atoms with E-state index in [-0.39, 0.29) is 24.3 Å². The second-order valence-corrected chi connectivity index (χ2v) is 5.78. The van der Waals surface area contributed by atoms with Gasteiger partial charge in [-0.2, -0.15) is 0 Å². The fourth-order valence-electron chi connectivity index (χ4n) is 2.27. The lowest BCUT2D eigenvalue weighted by Gasteiger charge is -2.14. The van der Waals surface area contributed by atoms with Gasteiger partial charge in [0.25, 0.3) is 5.91 Å². The molecule has 0 aliphatic carbocycles. The maximum absolute atomic E-state index is 12.0. The number of carbonyl (C=O) groups is 2. The first-order valence-electron chi connectivity index (χ1n) is 8.38. The van der Waals surface area contributed by atoms with Gasteiger partial charge in [-0.25, -0.2) is 0 Å². The number of amides is 2. The van der Waals surface area contributed by atoms with Crippen LogP contribution in [0.3, 0.4) is 0 Å². The van der Waals surface area contributed by atoms with Crippen LogP contribution in [-0.4, -0.2) is 31.0 Å². The van der Waals surface area contributed by atoms with Crippen LogP contribution in [0.2, 0.25) is 0 Å². The Labute approximate surface area is 147 Å². The molecule has 1 atom stereocenters. The van der Waals surface area contributed by atoms with E-state index < -0.39 is 0 Å². The van der Waals surface area contributed by atoms with Crippen LogP contribution in [-0.2, 0) is 16.1 Å². The summed E-state index contributed by atoms with van der Waals surface area (Å²) in [6.07, 6.45) is 2.57. The fourth-order valence-corrected chi connectivity index (χ4v) is 2.27. The number of ether oxygens (including phenoxy) is 1. The lowest BCUT2D eigenvalue weighted by atomic mass is 10.1. The minimum absolute atomic E-state index is 0.0908. The van der Waals surface area contributed by atoms with Gasteiger partial charge in [0.2, 0.25) is 5.91 Å². The number of furan rings is 1. The van der Waals surface area contributed by atoms with Crippen LogP contribution in [0.25, 0.3) is 0 Å². The van der Waals surface area contributed by atoms with E-state index in [2.05, 4.69) is 10.6 Å². The summed E-state index contributed by atoms with van der Waals surface area (Å²) in [7, 11) is 0. The standard InChI is InChI=1S/C19H24N2O4/c1-15(21-19(23)16-7-3-2-4-8-16)13-18(22)20-10-6-11-24-14-17-9-5-12-25-17/h2-5,7-9,12,15H,6,10-11,13-14H2,1H3,(H,20,22)(H,21,23)/t15-/m1/s1. The smallest absolute Gasteiger partial charge is 0.251 e. The van der Waals surface area contributed by atoms with Crippen molar-refractivity contribution in [2.75, 3.05) is 13.2 Å². The molecule has 1 heterocycles. The van der Waals surface area contributed by atoms with Crippen molar-refractivity contribution < 1.29 is 18.7 Å². The highest BCUT2D eigenvalue weighted by Gasteiger charge is 2.12. The molecule has 0 bridgehead atoms. The van der Waals surface area contributed by atoms with Crippen molar-refractivity contribution in [1.29, 1.82) is 0 Å². The van der Waals surface area contributed by atoms with E-state index in [1.165, 1.54) is 0 Å². The Morgan fingerprint density at radius 3 is 2.68 bits per heavy atom. The van der Waals surface area contributed by atoms with Crippen LogP contribution in [0.5, 0.6) is 0 Å². The zero-order chi connectivity index (χ0) is 17.9. The van der Waals surface area contributed by atoms with E-state index in [4.69, 9.17) is 9.15 Å². The minimum Gasteiger partial charge on any atom is -0.467 e. The number of hydrogen-bond acceptors (Lipinski definition) is 4. The first-order chi connectivity index (χ1) is 12.1. The third-order valence-electron chi connectivity index (χ3n) is 3.52. The van der Waals surface area contributed by atoms with Gasteiger partial charge in [-0.05, 0) is 37.6 Å². The van der Waals surface area contributed by atoms with Crippen molar-refractivity contribution in [3.8, 4) is 0 Å². The molecule has 0 spiro atoms. The monoisotopic (exact) mass is 344 g/mol. The third-order valence-corrected chi connectivity index (χ3v) is 3.52. The first-order valence-corrected chi connectivity index (χ1v) is 8.38. The molecule has 0 aliphatic rings. The molecule has 2 rings (SSSR count). The first kappa shape index (κ1) is 18.7. The number of hydrogen-bond donors (Lipinski definition) is 2. The van der Waals surface area contributed by atoms with Gasteiger partial charge in [-0.15, -0.1) is 0 Å². The molecule has 0 unspecified atom stereocenters. The summed E-state index contributed by atoms with van der Waals surface area (Å²) in [4.78, 5) is 23.9. The van der Waals surface area contributed by atoms with Crippen LogP contribution in [0.15, 0.2) is 53.1 Å². The van der Waals surface area contributed by atoms with E-state index in [1.54, 1.807) is 30.5 Å². The summed E-state index contributed by atoms with van der Waals surface area (Å²) < 4.78 is 10.6. The second kappa shape index (κ2) is 10.3. The Kier molecular flexibility index (Phi) is 7.72. The molecule has 1 aromatic heterocycles. The van der Waals surface area contributed by atoms with Gasteiger partial charge in [-0.1, -0.05) is 18.2 Å². The highest BCUT2D eigenvalue weighted by Crippen LogP contribution is 2.02. The Balaban J connectivity index is 1.54. The third kappa shape index (κ3) is 7.22. The topological polar surface area (TPSA) is 80.6 Å². The normalized spacial score (nSPS) is 11.7. The van der Waals surface area contributed by atoms with Crippen LogP contribution >= 0.6 is 0 Å². The summed E-state index contributed by atoms with van der Waals surface area (Å²) in [6.45, 7) is 3.33. The average Bonchev–Trinajstić information content (AvgIpc) is 3.12. The van der Waals surface area contributed by atoms with Gasteiger partial charge in [0.1, 0.15) is 12.4 Å². The van der Waals surface area contributed by atoms with Crippen molar-refractivity contribution in [1.82, 2.24) is 10.6 Å². The molecular formula is C19H24N2O4. The van der Waals surface area contributed by atoms with Crippen molar-refractivity contribution in [3.05, 3.63) is 60.1 Å². The van der Waals surface area contributed by atoms with Crippen molar-refractivity contribution in [2.24, 2.45) is 0 Å². The molecule has 0 saturated carbocycles. The van der Waals surface area contributed by atoms with Gasteiger partial charge in [-0.3, -0.25) is 9.59 Å². The molecule has 0 saturated heterocycles. The predicted molar refractivity (Wildman–Crippen MR) is 94.0 cm³/mol. The maximum Gasteiger partial charge on any atom is 0.251 e. The molecular weight excluding hydrogens is 320 g/mol. The molecule has 0 fully saturated rings. The van der Waals surface area contributed by atoms with Gasteiger partial charge in [0, 0.05) is 31.2 Å². The number of benzene rings is 1. The molecule has 2 amide bonds. The van der Waals surface area contributed by atoms with E-state index in [0.29, 0.717) is 25.3 Å². The largest absolute Gasteiger partial charge is 0.467 e. The van der Waals surface area contributed by atoms with Crippen LogP contribution in [0, 0.1) is 0 Å². The molecule has 2 N–H and O–H groups in total. The van der Waals surface area contributed by atoms with Crippen molar-refractivity contribution >= 4 is 11.8 Å². The molecule has 134 valence electrons. The molecule has 25 heavy (non-hydrogen) atoms. The van der Waals surface area contributed by atoms with E-state index in [0.717, 1.165) is 12.2 Å². The van der Waals surface area contributed by atoms with Crippen LogP contribution < -0.4 is 10.6 Å². The molecule has 0 radical (unpaired) electrons. The highest BCUT2D eigenvalue weighted by atomic mass is 16.5. The van der Waals surface area contributed by atoms with E-state index >= 15 is 0 Å². The average molecular weight is 344 g/mol. The Hall–Kier alpha value is -2.60. The molecule has 1 aromatic carbocycles. The number of carbonyl (C=O) groups excluding carboxylic acids is 2. The summed E-state index contributed by atoms with van der Waals surface area (Å²) >= 11 is 0. The SMILES string of the molecule is C[C@H](CC(=O)NCCCOCc1ccco1)NC(=O)c1ccccc1. The summed E-state index contributed by atoms with van der Waals surface area (Å²) in [5, 5.41) is 5.65. The van der Waals surface area contributed by atoms with E-state index in [1.807, 2.05) is 25.1 Å². The maximum atomic E-state index is 12.0. The minimum atomic E-state index is -0.233. The van der Waals surface area contributed by atoms with Gasteiger partial charge < -0.3 is 19.8 Å². The number of rotatable bonds is 10. The summed E-state index contributed by atoms with van der Waals surface area (Å²) in [5.74, 6) is 0.520. The lowest BCUT2D eigenvalue weighted by molar-refractivity contribution is -0.121. The van der Waals surface area contributed by atoms with E-state index in [9.17, 15) is 9.59 Å². The predicted octanol–water partition coefficient (Wildman–Crippen LogP) is 2.51. The summed E-state index contributed by atoms with van der Waals surface area (Å²) in [6, 6.07) is 12.4. The van der Waals surface area contributed by atoms with Gasteiger partial charge in [0.05, 0.1) is 6.26 Å². The molecule has 0 aliphatic heterocycles. The Morgan fingerprint density at radius 2 is 1.96 bits per heavy atom. The molecule has 6 heteroatoms. The fraction of sp³-hybridized carbons (Fsp3) is 0.368. The van der Waals surface area contributed by atoms with Crippen LogP contribution in [0.1, 0.15) is 35.9 Å². The number of nitrogens with one attached hydrogen (secondary N) is 2. The quantitative estimate of drug-likeness (QED) is 0.649. The summed E-state index contributed by atoms with van der Waals surface area (Å²) in [5.41, 5.74) is 0.587. The van der Waals surface area contributed by atoms with Crippen molar-refractivity contribution in [2.45, 2.75) is 32.4 Å².